The minimum Gasteiger partial charge on any atom is -0.370 e. The van der Waals surface area contributed by atoms with Crippen LogP contribution in [0.1, 0.15) is 55.6 Å². The van der Waals surface area contributed by atoms with E-state index in [0.717, 1.165) is 16.9 Å². The van der Waals surface area contributed by atoms with Crippen molar-refractivity contribution in [2.75, 3.05) is 5.32 Å². The van der Waals surface area contributed by atoms with Gasteiger partial charge in [-0.3, -0.25) is 9.59 Å². The van der Waals surface area contributed by atoms with E-state index >= 15 is 0 Å². The molecule has 0 radical (unpaired) electrons. The van der Waals surface area contributed by atoms with E-state index in [1.165, 1.54) is 37.7 Å². The molecule has 2 amide bonds. The van der Waals surface area contributed by atoms with Crippen LogP contribution in [0.5, 0.6) is 0 Å². The van der Waals surface area contributed by atoms with Crippen LogP contribution >= 0.6 is 0 Å². The largest absolute Gasteiger partial charge is 0.370 e. The van der Waals surface area contributed by atoms with Gasteiger partial charge in [0.05, 0.1) is 5.92 Å². The molecule has 0 aliphatic heterocycles. The Morgan fingerprint density at radius 2 is 1.46 bits per heavy atom. The van der Waals surface area contributed by atoms with Gasteiger partial charge < -0.3 is 16.8 Å². The highest BCUT2D eigenvalue weighted by atomic mass is 16.2. The summed E-state index contributed by atoms with van der Waals surface area (Å²) >= 11 is 0. The summed E-state index contributed by atoms with van der Waals surface area (Å²) in [4.78, 5) is 22.6. The maximum Gasteiger partial charge on any atom is 0.221 e. The molecule has 1 saturated carbocycles. The van der Waals surface area contributed by atoms with Crippen molar-refractivity contribution in [2.45, 2.75) is 50.9 Å². The zero-order valence-electron chi connectivity index (χ0n) is 16.2. The van der Waals surface area contributed by atoms with Crippen LogP contribution in [-0.4, -0.2) is 11.8 Å². The molecule has 1 aliphatic rings. The Hall–Kier alpha value is -2.82. The van der Waals surface area contributed by atoms with Crippen LogP contribution in [-0.2, 0) is 16.0 Å². The van der Waals surface area contributed by atoms with Crippen molar-refractivity contribution in [1.82, 2.24) is 0 Å². The van der Waals surface area contributed by atoms with E-state index in [2.05, 4.69) is 29.6 Å². The molecule has 1 fully saturated rings. The lowest BCUT2D eigenvalue weighted by Crippen LogP contribution is -2.29. The van der Waals surface area contributed by atoms with Crippen molar-refractivity contribution in [3.8, 4) is 0 Å². The number of hydrogen-bond acceptors (Lipinski definition) is 3. The second-order valence-corrected chi connectivity index (χ2v) is 7.75. The molecule has 148 valence electrons. The van der Waals surface area contributed by atoms with Crippen LogP contribution in [0.4, 0.5) is 11.4 Å². The van der Waals surface area contributed by atoms with Crippen molar-refractivity contribution in [2.24, 2.45) is 17.4 Å². The third kappa shape index (κ3) is 5.59. The molecule has 5 heteroatoms. The van der Waals surface area contributed by atoms with Gasteiger partial charge in [-0.15, -0.1) is 0 Å². The quantitative estimate of drug-likeness (QED) is 0.646. The van der Waals surface area contributed by atoms with E-state index in [4.69, 9.17) is 11.5 Å². The number of primary amides is 2. The summed E-state index contributed by atoms with van der Waals surface area (Å²) in [6.45, 7) is 0. The molecular formula is C23H29N3O2. The molecule has 0 bridgehead atoms. The van der Waals surface area contributed by atoms with Crippen LogP contribution in [0.25, 0.3) is 0 Å². The monoisotopic (exact) mass is 379 g/mol. The fourth-order valence-electron chi connectivity index (χ4n) is 3.97. The zero-order valence-corrected chi connectivity index (χ0v) is 16.2. The van der Waals surface area contributed by atoms with Gasteiger partial charge in [0.25, 0.3) is 0 Å². The number of hydrogen-bond donors (Lipinski definition) is 3. The maximum atomic E-state index is 11.5. The molecule has 5 nitrogen and oxygen atoms in total. The molecule has 1 unspecified atom stereocenters. The number of benzene rings is 2. The number of amides is 2. The van der Waals surface area contributed by atoms with Gasteiger partial charge in [-0.2, -0.15) is 0 Å². The summed E-state index contributed by atoms with van der Waals surface area (Å²) < 4.78 is 0. The number of carbonyl (C=O) groups is 2. The molecule has 2 aromatic carbocycles. The number of nitrogens with two attached hydrogens (primary N) is 2. The maximum absolute atomic E-state index is 11.5. The Kier molecular flexibility index (Phi) is 6.69. The highest BCUT2D eigenvalue weighted by Crippen LogP contribution is 2.33. The van der Waals surface area contributed by atoms with Crippen molar-refractivity contribution >= 4 is 23.2 Å². The van der Waals surface area contributed by atoms with Gasteiger partial charge in [0.15, 0.2) is 0 Å². The Morgan fingerprint density at radius 1 is 0.893 bits per heavy atom. The number of nitrogens with one attached hydrogen (secondary N) is 1. The molecule has 0 heterocycles. The van der Waals surface area contributed by atoms with Crippen molar-refractivity contribution in [1.29, 1.82) is 0 Å². The van der Waals surface area contributed by atoms with Crippen molar-refractivity contribution < 1.29 is 9.59 Å². The lowest BCUT2D eigenvalue weighted by Gasteiger charge is -2.22. The van der Waals surface area contributed by atoms with E-state index in [-0.39, 0.29) is 6.42 Å². The van der Waals surface area contributed by atoms with E-state index < -0.39 is 17.7 Å². The summed E-state index contributed by atoms with van der Waals surface area (Å²) in [5, 5.41) is 3.40. The summed E-state index contributed by atoms with van der Waals surface area (Å²) in [6, 6.07) is 16.5. The second kappa shape index (κ2) is 9.40. The topological polar surface area (TPSA) is 98.2 Å². The summed E-state index contributed by atoms with van der Waals surface area (Å²) in [7, 11) is 0. The summed E-state index contributed by atoms with van der Waals surface area (Å²) in [5.74, 6) is -0.873. The highest BCUT2D eigenvalue weighted by molar-refractivity contribution is 5.84. The van der Waals surface area contributed by atoms with E-state index in [1.54, 1.807) is 0 Å². The minimum absolute atomic E-state index is 0.0251. The first-order valence-corrected chi connectivity index (χ1v) is 10.0. The fraction of sp³-hybridized carbons (Fsp3) is 0.391. The van der Waals surface area contributed by atoms with Gasteiger partial charge in [-0.1, -0.05) is 43.5 Å². The third-order valence-corrected chi connectivity index (χ3v) is 5.56. The Balaban J connectivity index is 1.59. The lowest BCUT2D eigenvalue weighted by molar-refractivity contribution is -0.126. The first-order chi connectivity index (χ1) is 13.5. The first-order valence-electron chi connectivity index (χ1n) is 10.0. The summed E-state index contributed by atoms with van der Waals surface area (Å²) in [6.07, 6.45) is 7.04. The van der Waals surface area contributed by atoms with Gasteiger partial charge in [0.1, 0.15) is 0 Å². The SMILES string of the molecule is NC(=O)CC(Cc1ccc(Nc2ccc(C3CCCCC3)cc2)cc1)C(N)=O. The average molecular weight is 380 g/mol. The predicted molar refractivity (Wildman–Crippen MR) is 112 cm³/mol. The molecule has 3 rings (SSSR count). The molecule has 2 aromatic rings. The normalized spacial score (nSPS) is 15.7. The summed E-state index contributed by atoms with van der Waals surface area (Å²) in [5.41, 5.74) is 15.0. The molecule has 1 atom stereocenters. The molecular weight excluding hydrogens is 350 g/mol. The molecule has 5 N–H and O–H groups in total. The smallest absolute Gasteiger partial charge is 0.221 e. The van der Waals surface area contributed by atoms with Crippen LogP contribution in [0.2, 0.25) is 0 Å². The molecule has 1 aliphatic carbocycles. The van der Waals surface area contributed by atoms with Crippen LogP contribution in [0.3, 0.4) is 0 Å². The van der Waals surface area contributed by atoms with E-state index in [1.807, 2.05) is 24.3 Å². The molecule has 0 aromatic heterocycles. The first kappa shape index (κ1) is 19.9. The van der Waals surface area contributed by atoms with E-state index in [0.29, 0.717) is 12.3 Å². The van der Waals surface area contributed by atoms with Crippen molar-refractivity contribution in [3.63, 3.8) is 0 Å². The highest BCUT2D eigenvalue weighted by Gasteiger charge is 2.18. The van der Waals surface area contributed by atoms with Gasteiger partial charge in [-0.25, -0.2) is 0 Å². The molecule has 28 heavy (non-hydrogen) atoms. The number of rotatable bonds is 8. The second-order valence-electron chi connectivity index (χ2n) is 7.75. The molecule has 0 saturated heterocycles. The lowest BCUT2D eigenvalue weighted by atomic mass is 9.84. The van der Waals surface area contributed by atoms with Gasteiger partial charge >= 0.3 is 0 Å². The van der Waals surface area contributed by atoms with Crippen LogP contribution in [0, 0.1) is 5.92 Å². The van der Waals surface area contributed by atoms with Gasteiger partial charge in [-0.05, 0) is 60.6 Å². The van der Waals surface area contributed by atoms with Gasteiger partial charge in [0.2, 0.25) is 11.8 Å². The Bertz CT molecular complexity index is 794. The Labute approximate surface area is 166 Å². The number of carbonyl (C=O) groups excluding carboxylic acids is 2. The third-order valence-electron chi connectivity index (χ3n) is 5.56. The van der Waals surface area contributed by atoms with Crippen LogP contribution in [0.15, 0.2) is 48.5 Å². The van der Waals surface area contributed by atoms with E-state index in [9.17, 15) is 9.59 Å². The Morgan fingerprint density at radius 3 is 2.00 bits per heavy atom. The predicted octanol–water partition coefficient (Wildman–Crippen LogP) is 4.00. The van der Waals surface area contributed by atoms with Crippen molar-refractivity contribution in [3.05, 3.63) is 59.7 Å². The fourth-order valence-corrected chi connectivity index (χ4v) is 3.97. The zero-order chi connectivity index (χ0) is 19.9. The molecule has 0 spiro atoms. The van der Waals surface area contributed by atoms with Gasteiger partial charge in [0, 0.05) is 17.8 Å². The number of anilines is 2. The minimum atomic E-state index is -0.566. The average Bonchev–Trinajstić information content (AvgIpc) is 2.70. The standard InChI is InChI=1S/C23H29N3O2/c24-22(27)15-19(23(25)28)14-16-6-10-20(11-7-16)26-21-12-8-18(9-13-21)17-4-2-1-3-5-17/h6-13,17,19,26H,1-5,14-15H2,(H2,24,27)(H2,25,28). The van der Waals surface area contributed by atoms with Crippen LogP contribution < -0.4 is 16.8 Å².